The van der Waals surface area contributed by atoms with Crippen LogP contribution in [0.3, 0.4) is 0 Å². The van der Waals surface area contributed by atoms with E-state index in [4.69, 9.17) is 4.74 Å². The van der Waals surface area contributed by atoms with Gasteiger partial charge in [-0.1, -0.05) is 26.0 Å². The minimum Gasteiger partial charge on any atom is -0.479 e. The molecule has 1 aromatic rings. The smallest absolute Gasteiger partial charge is 0.346 e. The van der Waals surface area contributed by atoms with Crippen molar-refractivity contribution in [3.8, 4) is 5.75 Å². The van der Waals surface area contributed by atoms with Crippen LogP contribution in [0.2, 0.25) is 0 Å². The number of benzene rings is 1. The second-order valence-electron chi connectivity index (χ2n) is 4.48. The number of carbonyl (C=O) groups is 1. The number of esters is 1. The van der Waals surface area contributed by atoms with Crippen molar-refractivity contribution in [1.82, 2.24) is 0 Å². The first-order valence-corrected chi connectivity index (χ1v) is 5.80. The summed E-state index contributed by atoms with van der Waals surface area (Å²) < 4.78 is 10.3. The van der Waals surface area contributed by atoms with Gasteiger partial charge in [-0.15, -0.1) is 0 Å². The van der Waals surface area contributed by atoms with E-state index in [9.17, 15) is 4.79 Å². The molecule has 1 rings (SSSR count). The number of ether oxygens (including phenoxy) is 2. The molecule has 94 valence electrons. The van der Waals surface area contributed by atoms with E-state index < -0.39 is 6.10 Å². The van der Waals surface area contributed by atoms with Gasteiger partial charge in [0.15, 0.2) is 6.10 Å². The Hall–Kier alpha value is -1.51. The van der Waals surface area contributed by atoms with Gasteiger partial charge in [0.1, 0.15) is 5.75 Å². The minimum atomic E-state index is -0.584. The summed E-state index contributed by atoms with van der Waals surface area (Å²) in [5.41, 5.74) is 2.22. The normalized spacial score (nSPS) is 12.4. The maximum atomic E-state index is 11.3. The molecule has 0 spiro atoms. The van der Waals surface area contributed by atoms with E-state index >= 15 is 0 Å². The molecule has 1 atom stereocenters. The van der Waals surface area contributed by atoms with Crippen LogP contribution in [0.15, 0.2) is 18.2 Å². The third-order valence-corrected chi connectivity index (χ3v) is 2.63. The fraction of sp³-hybridized carbons (Fsp3) is 0.500. The lowest BCUT2D eigenvalue weighted by Gasteiger charge is -2.18. The molecule has 0 N–H and O–H groups in total. The molecule has 0 radical (unpaired) electrons. The zero-order chi connectivity index (χ0) is 13.0. The number of carbonyl (C=O) groups excluding carboxylic acids is 1. The topological polar surface area (TPSA) is 35.5 Å². The monoisotopic (exact) mass is 236 g/mol. The minimum absolute atomic E-state index is 0.357. The molecule has 3 nitrogen and oxygen atoms in total. The Bertz CT molecular complexity index is 396. The summed E-state index contributed by atoms with van der Waals surface area (Å²) in [6.45, 7) is 7.89. The molecule has 3 heteroatoms. The van der Waals surface area contributed by atoms with Crippen LogP contribution in [-0.2, 0) is 9.53 Å². The molecule has 1 aromatic carbocycles. The quantitative estimate of drug-likeness (QED) is 0.754. The molecule has 17 heavy (non-hydrogen) atoms. The van der Waals surface area contributed by atoms with E-state index in [0.717, 1.165) is 16.9 Å². The van der Waals surface area contributed by atoms with Gasteiger partial charge < -0.3 is 9.47 Å². The summed E-state index contributed by atoms with van der Waals surface area (Å²) in [6.07, 6.45) is -0.584. The third kappa shape index (κ3) is 3.48. The average molecular weight is 236 g/mol. The van der Waals surface area contributed by atoms with Crippen molar-refractivity contribution in [2.75, 3.05) is 7.11 Å². The third-order valence-electron chi connectivity index (χ3n) is 2.63. The largest absolute Gasteiger partial charge is 0.479 e. The highest BCUT2D eigenvalue weighted by Crippen LogP contribution is 2.28. The molecule has 0 amide bonds. The van der Waals surface area contributed by atoms with Gasteiger partial charge in [-0.2, -0.15) is 0 Å². The Labute approximate surface area is 103 Å². The summed E-state index contributed by atoms with van der Waals surface area (Å²) in [7, 11) is 1.36. The van der Waals surface area contributed by atoms with Gasteiger partial charge in [0.25, 0.3) is 0 Å². The van der Waals surface area contributed by atoms with Crippen LogP contribution in [0.4, 0.5) is 0 Å². The predicted molar refractivity (Wildman–Crippen MR) is 67.4 cm³/mol. The molecule has 0 aliphatic carbocycles. The van der Waals surface area contributed by atoms with Crippen LogP contribution in [0.5, 0.6) is 5.75 Å². The van der Waals surface area contributed by atoms with E-state index in [0.29, 0.717) is 5.92 Å². The van der Waals surface area contributed by atoms with Crippen molar-refractivity contribution in [2.45, 2.75) is 39.7 Å². The lowest BCUT2D eigenvalue weighted by molar-refractivity contribution is -0.147. The van der Waals surface area contributed by atoms with E-state index in [1.165, 1.54) is 7.11 Å². The van der Waals surface area contributed by atoms with Crippen molar-refractivity contribution in [2.24, 2.45) is 0 Å². The van der Waals surface area contributed by atoms with E-state index in [-0.39, 0.29) is 5.97 Å². The van der Waals surface area contributed by atoms with Gasteiger partial charge in [0.2, 0.25) is 0 Å². The number of rotatable bonds is 4. The van der Waals surface area contributed by atoms with Crippen molar-refractivity contribution in [3.63, 3.8) is 0 Å². The number of hydrogen-bond donors (Lipinski definition) is 0. The molecule has 0 heterocycles. The SMILES string of the molecule is COC(=O)[C@@H](C)Oc1cc(C)ccc1C(C)C. The average Bonchev–Trinajstić information content (AvgIpc) is 2.27. The fourth-order valence-corrected chi connectivity index (χ4v) is 1.63. The molecule has 0 bridgehead atoms. The Morgan fingerprint density at radius 3 is 2.41 bits per heavy atom. The summed E-state index contributed by atoms with van der Waals surface area (Å²) in [4.78, 5) is 11.3. The predicted octanol–water partition coefficient (Wildman–Crippen LogP) is 3.06. The molecule has 0 aromatic heterocycles. The number of aryl methyl sites for hydroxylation is 1. The maximum Gasteiger partial charge on any atom is 0.346 e. The van der Waals surface area contributed by atoms with Crippen molar-refractivity contribution in [1.29, 1.82) is 0 Å². The second kappa shape index (κ2) is 5.71. The summed E-state index contributed by atoms with van der Waals surface area (Å²) >= 11 is 0. The lowest BCUT2D eigenvalue weighted by Crippen LogP contribution is -2.25. The summed E-state index contributed by atoms with van der Waals surface area (Å²) in [6, 6.07) is 6.04. The first-order valence-electron chi connectivity index (χ1n) is 5.80. The molecular weight excluding hydrogens is 216 g/mol. The van der Waals surface area contributed by atoms with Crippen LogP contribution < -0.4 is 4.74 Å². The fourth-order valence-electron chi connectivity index (χ4n) is 1.63. The van der Waals surface area contributed by atoms with Crippen LogP contribution in [0.25, 0.3) is 0 Å². The van der Waals surface area contributed by atoms with Crippen molar-refractivity contribution in [3.05, 3.63) is 29.3 Å². The van der Waals surface area contributed by atoms with Gasteiger partial charge >= 0.3 is 5.97 Å². The Kier molecular flexibility index (Phi) is 4.55. The van der Waals surface area contributed by atoms with Gasteiger partial charge in [-0.05, 0) is 37.0 Å². The molecular formula is C14H20O3. The molecule has 0 saturated carbocycles. The Morgan fingerprint density at radius 1 is 1.24 bits per heavy atom. The molecule has 0 aliphatic rings. The molecule has 0 aliphatic heterocycles. The van der Waals surface area contributed by atoms with Gasteiger partial charge in [0.05, 0.1) is 7.11 Å². The Balaban J connectivity index is 2.96. The summed E-state index contributed by atoms with van der Waals surface area (Å²) in [5, 5.41) is 0. The zero-order valence-electron chi connectivity index (χ0n) is 11.1. The van der Waals surface area contributed by atoms with Gasteiger partial charge in [-0.3, -0.25) is 0 Å². The second-order valence-corrected chi connectivity index (χ2v) is 4.48. The first kappa shape index (κ1) is 13.6. The summed E-state index contributed by atoms with van der Waals surface area (Å²) in [5.74, 6) is 0.759. The van der Waals surface area contributed by atoms with Crippen molar-refractivity contribution < 1.29 is 14.3 Å². The zero-order valence-corrected chi connectivity index (χ0v) is 11.1. The molecule has 0 fully saturated rings. The van der Waals surface area contributed by atoms with E-state index in [1.54, 1.807) is 6.92 Å². The highest BCUT2D eigenvalue weighted by molar-refractivity contribution is 5.74. The van der Waals surface area contributed by atoms with Crippen molar-refractivity contribution >= 4 is 5.97 Å². The Morgan fingerprint density at radius 2 is 1.88 bits per heavy atom. The highest BCUT2D eigenvalue weighted by Gasteiger charge is 2.17. The van der Waals surface area contributed by atoms with Crippen LogP contribution >= 0.6 is 0 Å². The highest BCUT2D eigenvalue weighted by atomic mass is 16.6. The van der Waals surface area contributed by atoms with Gasteiger partial charge in [-0.25, -0.2) is 4.79 Å². The van der Waals surface area contributed by atoms with Gasteiger partial charge in [0, 0.05) is 0 Å². The standard InChI is InChI=1S/C14H20O3/c1-9(2)12-7-6-10(3)8-13(12)17-11(4)14(15)16-5/h6-9,11H,1-5H3/t11-/m1/s1. The molecule has 0 saturated heterocycles. The number of hydrogen-bond acceptors (Lipinski definition) is 3. The lowest BCUT2D eigenvalue weighted by atomic mass is 10.0. The molecule has 0 unspecified atom stereocenters. The first-order chi connectivity index (χ1) is 7.95. The van der Waals surface area contributed by atoms with E-state index in [1.807, 2.05) is 25.1 Å². The maximum absolute atomic E-state index is 11.3. The van der Waals surface area contributed by atoms with Crippen LogP contribution in [-0.4, -0.2) is 19.2 Å². The van der Waals surface area contributed by atoms with E-state index in [2.05, 4.69) is 18.6 Å². The number of methoxy groups -OCH3 is 1. The van der Waals surface area contributed by atoms with Crippen LogP contribution in [0, 0.1) is 6.92 Å². The van der Waals surface area contributed by atoms with Crippen LogP contribution in [0.1, 0.15) is 37.8 Å².